The van der Waals surface area contributed by atoms with Crippen LogP contribution in [0, 0.1) is 0 Å². The molecule has 1 rings (SSSR count). The second-order valence-electron chi connectivity index (χ2n) is 6.98. The SMILES string of the molecule is CCCCCCCC(=O)N[C@H](CC(N)=O)C(O)C(=O)NCCc1ccccc1. The van der Waals surface area contributed by atoms with Crippen molar-refractivity contribution in [3.63, 3.8) is 0 Å². The fraction of sp³-hybridized carbons (Fsp3) is 0.571. The van der Waals surface area contributed by atoms with Gasteiger partial charge in [-0.2, -0.15) is 0 Å². The largest absolute Gasteiger partial charge is 0.381 e. The van der Waals surface area contributed by atoms with Gasteiger partial charge in [-0.3, -0.25) is 14.4 Å². The molecule has 28 heavy (non-hydrogen) atoms. The summed E-state index contributed by atoms with van der Waals surface area (Å²) >= 11 is 0. The number of nitrogens with two attached hydrogens (primary N) is 1. The molecule has 0 bridgehead atoms. The van der Waals surface area contributed by atoms with Crippen molar-refractivity contribution in [3.05, 3.63) is 35.9 Å². The van der Waals surface area contributed by atoms with Crippen molar-refractivity contribution in [1.82, 2.24) is 10.6 Å². The summed E-state index contributed by atoms with van der Waals surface area (Å²) in [5.74, 6) is -1.62. The quantitative estimate of drug-likeness (QED) is 0.358. The average molecular weight is 392 g/mol. The summed E-state index contributed by atoms with van der Waals surface area (Å²) in [7, 11) is 0. The van der Waals surface area contributed by atoms with E-state index in [1.807, 2.05) is 30.3 Å². The zero-order valence-corrected chi connectivity index (χ0v) is 16.7. The number of aliphatic hydroxyl groups is 1. The van der Waals surface area contributed by atoms with Crippen LogP contribution < -0.4 is 16.4 Å². The number of nitrogens with one attached hydrogen (secondary N) is 2. The van der Waals surface area contributed by atoms with Crippen molar-refractivity contribution in [3.8, 4) is 0 Å². The van der Waals surface area contributed by atoms with Gasteiger partial charge in [-0.05, 0) is 18.4 Å². The van der Waals surface area contributed by atoms with E-state index in [0.717, 1.165) is 37.7 Å². The third-order valence-electron chi connectivity index (χ3n) is 4.48. The lowest BCUT2D eigenvalue weighted by atomic mass is 10.0. The predicted molar refractivity (Wildman–Crippen MR) is 108 cm³/mol. The van der Waals surface area contributed by atoms with E-state index in [1.54, 1.807) is 0 Å². The summed E-state index contributed by atoms with van der Waals surface area (Å²) in [6, 6.07) is 8.59. The maximum Gasteiger partial charge on any atom is 0.251 e. The van der Waals surface area contributed by atoms with Crippen LogP contribution in [0.5, 0.6) is 0 Å². The molecule has 0 aliphatic rings. The standard InChI is InChI=1S/C21H33N3O4/c1-2-3-4-5-9-12-19(26)24-17(15-18(22)25)20(27)21(28)23-14-13-16-10-7-6-8-11-16/h6-8,10-11,17,20,27H,2-5,9,12-15H2,1H3,(H2,22,25)(H,23,28)(H,24,26)/t17-,20?/m1/s1. The molecule has 3 amide bonds. The van der Waals surface area contributed by atoms with Gasteiger partial charge in [0.1, 0.15) is 0 Å². The number of primary amides is 1. The van der Waals surface area contributed by atoms with Crippen LogP contribution >= 0.6 is 0 Å². The molecular weight excluding hydrogens is 358 g/mol. The van der Waals surface area contributed by atoms with Gasteiger partial charge in [0.25, 0.3) is 5.91 Å². The number of amides is 3. The smallest absolute Gasteiger partial charge is 0.251 e. The van der Waals surface area contributed by atoms with E-state index >= 15 is 0 Å². The molecule has 1 aromatic rings. The van der Waals surface area contributed by atoms with Crippen LogP contribution in [0.3, 0.4) is 0 Å². The highest BCUT2D eigenvalue weighted by Crippen LogP contribution is 2.07. The van der Waals surface area contributed by atoms with Crippen molar-refractivity contribution >= 4 is 17.7 Å². The number of benzene rings is 1. The molecular formula is C21H33N3O4. The Labute approximate surface area is 167 Å². The lowest BCUT2D eigenvalue weighted by Gasteiger charge is -2.22. The van der Waals surface area contributed by atoms with Crippen molar-refractivity contribution < 1.29 is 19.5 Å². The van der Waals surface area contributed by atoms with E-state index in [-0.39, 0.29) is 12.3 Å². The molecule has 7 nitrogen and oxygen atoms in total. The highest BCUT2D eigenvalue weighted by Gasteiger charge is 2.28. The Kier molecular flexibility index (Phi) is 11.6. The predicted octanol–water partition coefficient (Wildman–Crippen LogP) is 1.43. The van der Waals surface area contributed by atoms with Gasteiger partial charge in [0, 0.05) is 19.4 Å². The number of hydrogen-bond acceptors (Lipinski definition) is 4. The third-order valence-corrected chi connectivity index (χ3v) is 4.48. The van der Waals surface area contributed by atoms with Crippen molar-refractivity contribution in [2.45, 2.75) is 70.4 Å². The molecule has 0 radical (unpaired) electrons. The zero-order valence-electron chi connectivity index (χ0n) is 16.7. The van der Waals surface area contributed by atoms with Crippen LogP contribution in [-0.2, 0) is 20.8 Å². The topological polar surface area (TPSA) is 122 Å². The molecule has 0 aliphatic heterocycles. The van der Waals surface area contributed by atoms with E-state index in [9.17, 15) is 19.5 Å². The minimum absolute atomic E-state index is 0.293. The number of unbranched alkanes of at least 4 members (excludes halogenated alkanes) is 4. The maximum atomic E-state index is 12.2. The van der Waals surface area contributed by atoms with Crippen LogP contribution in [-0.4, -0.2) is 41.5 Å². The first kappa shape index (κ1) is 23.6. The number of carbonyl (C=O) groups is 3. The average Bonchev–Trinajstić information content (AvgIpc) is 2.67. The minimum atomic E-state index is -1.53. The van der Waals surface area contributed by atoms with Crippen LogP contribution in [0.15, 0.2) is 30.3 Å². The highest BCUT2D eigenvalue weighted by atomic mass is 16.3. The van der Waals surface area contributed by atoms with Gasteiger partial charge in [-0.25, -0.2) is 0 Å². The monoisotopic (exact) mass is 391 g/mol. The van der Waals surface area contributed by atoms with Crippen LogP contribution in [0.4, 0.5) is 0 Å². The van der Waals surface area contributed by atoms with Gasteiger partial charge in [0.2, 0.25) is 11.8 Å². The fourth-order valence-corrected chi connectivity index (χ4v) is 2.89. The molecule has 0 aromatic heterocycles. The van der Waals surface area contributed by atoms with Crippen LogP contribution in [0.25, 0.3) is 0 Å². The Morgan fingerprint density at radius 3 is 2.39 bits per heavy atom. The second-order valence-corrected chi connectivity index (χ2v) is 6.98. The van der Waals surface area contributed by atoms with Gasteiger partial charge < -0.3 is 21.5 Å². The first-order chi connectivity index (χ1) is 13.4. The third kappa shape index (κ3) is 10.1. The van der Waals surface area contributed by atoms with E-state index in [2.05, 4.69) is 17.6 Å². The molecule has 0 fully saturated rings. The molecule has 1 unspecified atom stereocenters. The molecule has 0 spiro atoms. The second kappa shape index (κ2) is 13.7. The Morgan fingerprint density at radius 2 is 1.75 bits per heavy atom. The number of hydrogen-bond donors (Lipinski definition) is 4. The maximum absolute atomic E-state index is 12.2. The zero-order chi connectivity index (χ0) is 20.8. The Bertz CT molecular complexity index is 607. The minimum Gasteiger partial charge on any atom is -0.381 e. The summed E-state index contributed by atoms with van der Waals surface area (Å²) in [6.07, 6.45) is 4.08. The van der Waals surface area contributed by atoms with Gasteiger partial charge in [-0.15, -0.1) is 0 Å². The summed E-state index contributed by atoms with van der Waals surface area (Å²) in [6.45, 7) is 2.46. The van der Waals surface area contributed by atoms with Gasteiger partial charge >= 0.3 is 0 Å². The molecule has 1 aromatic carbocycles. The van der Waals surface area contributed by atoms with Gasteiger partial charge in [-0.1, -0.05) is 62.9 Å². The number of aliphatic hydroxyl groups excluding tert-OH is 1. The lowest BCUT2D eigenvalue weighted by Crippen LogP contribution is -2.52. The first-order valence-corrected chi connectivity index (χ1v) is 10.0. The van der Waals surface area contributed by atoms with E-state index in [0.29, 0.717) is 19.4 Å². The molecule has 156 valence electrons. The summed E-state index contributed by atoms with van der Waals surface area (Å²) < 4.78 is 0. The van der Waals surface area contributed by atoms with Crippen LogP contribution in [0.1, 0.15) is 57.4 Å². The molecule has 0 heterocycles. The van der Waals surface area contributed by atoms with E-state index in [4.69, 9.17) is 5.73 Å². The lowest BCUT2D eigenvalue weighted by molar-refractivity contribution is -0.133. The highest BCUT2D eigenvalue weighted by molar-refractivity contribution is 5.85. The van der Waals surface area contributed by atoms with Crippen molar-refractivity contribution in [2.24, 2.45) is 5.73 Å². The first-order valence-electron chi connectivity index (χ1n) is 10.0. The Morgan fingerprint density at radius 1 is 1.07 bits per heavy atom. The van der Waals surface area contributed by atoms with Crippen molar-refractivity contribution in [2.75, 3.05) is 6.54 Å². The van der Waals surface area contributed by atoms with E-state index < -0.39 is 24.0 Å². The molecule has 5 N–H and O–H groups in total. The Hall–Kier alpha value is -2.41. The Balaban J connectivity index is 2.46. The summed E-state index contributed by atoms with van der Waals surface area (Å²) in [4.78, 5) is 35.6. The normalized spacial score (nSPS) is 12.8. The van der Waals surface area contributed by atoms with Gasteiger partial charge in [0.15, 0.2) is 6.10 Å². The molecule has 0 saturated heterocycles. The molecule has 7 heteroatoms. The number of carbonyl (C=O) groups excluding carboxylic acids is 3. The molecule has 0 saturated carbocycles. The molecule has 0 aliphatic carbocycles. The molecule has 2 atom stereocenters. The van der Waals surface area contributed by atoms with E-state index in [1.165, 1.54) is 0 Å². The van der Waals surface area contributed by atoms with Gasteiger partial charge in [0.05, 0.1) is 6.04 Å². The number of rotatable bonds is 14. The summed E-state index contributed by atoms with van der Waals surface area (Å²) in [5, 5.41) is 15.5. The fourth-order valence-electron chi connectivity index (χ4n) is 2.89. The summed E-state index contributed by atoms with van der Waals surface area (Å²) in [5.41, 5.74) is 6.26. The van der Waals surface area contributed by atoms with Crippen molar-refractivity contribution in [1.29, 1.82) is 0 Å². The van der Waals surface area contributed by atoms with Crippen LogP contribution in [0.2, 0.25) is 0 Å².